The molecule has 1 fully saturated rings. The predicted molar refractivity (Wildman–Crippen MR) is 135 cm³/mol. The highest BCUT2D eigenvalue weighted by molar-refractivity contribution is 5.77. The number of nitrogens with zero attached hydrogens (tertiary/aromatic N) is 5. The second-order valence-corrected chi connectivity index (χ2v) is 10.3. The van der Waals surface area contributed by atoms with Gasteiger partial charge in [-0.3, -0.25) is 4.90 Å². The van der Waals surface area contributed by atoms with Crippen LogP contribution in [0.25, 0.3) is 11.3 Å². The SMILES string of the molecule is C[C@@H](OC(C)(C)C)N1CCN(C(=O)n2cc(-c3ccc(OC(F)(F)F)cc3)nn2)C(Cc2ccccc2)C1. The molecule has 1 unspecified atom stereocenters. The van der Waals surface area contributed by atoms with Crippen molar-refractivity contribution < 1.29 is 27.4 Å². The summed E-state index contributed by atoms with van der Waals surface area (Å²) < 4.78 is 48.6. The van der Waals surface area contributed by atoms with Crippen molar-refractivity contribution in [3.63, 3.8) is 0 Å². The van der Waals surface area contributed by atoms with Gasteiger partial charge in [-0.05, 0) is 63.9 Å². The molecule has 38 heavy (non-hydrogen) atoms. The molecule has 1 saturated heterocycles. The van der Waals surface area contributed by atoms with Crippen LogP contribution in [-0.4, -0.2) is 74.7 Å². The first-order valence-electron chi connectivity index (χ1n) is 12.4. The van der Waals surface area contributed by atoms with Gasteiger partial charge in [-0.25, -0.2) is 4.79 Å². The lowest BCUT2D eigenvalue weighted by molar-refractivity contribution is -0.274. The minimum Gasteiger partial charge on any atom is -0.406 e. The van der Waals surface area contributed by atoms with Crippen LogP contribution in [-0.2, 0) is 11.2 Å². The Labute approximate surface area is 219 Å². The Hall–Kier alpha value is -3.44. The van der Waals surface area contributed by atoms with Gasteiger partial charge in [0.15, 0.2) is 0 Å². The molecular formula is C27H32F3N5O3. The maximum Gasteiger partial charge on any atom is 0.573 e. The zero-order chi connectivity index (χ0) is 27.5. The second kappa shape index (κ2) is 11.1. The van der Waals surface area contributed by atoms with E-state index in [1.807, 2.05) is 58.0 Å². The van der Waals surface area contributed by atoms with Crippen molar-refractivity contribution in [2.75, 3.05) is 19.6 Å². The third kappa shape index (κ3) is 7.32. The summed E-state index contributed by atoms with van der Waals surface area (Å²) in [5.74, 6) is -0.337. The van der Waals surface area contributed by atoms with E-state index in [1.54, 1.807) is 4.90 Å². The maximum atomic E-state index is 13.6. The lowest BCUT2D eigenvalue weighted by Crippen LogP contribution is -2.59. The van der Waals surface area contributed by atoms with Gasteiger partial charge in [-0.2, -0.15) is 4.68 Å². The van der Waals surface area contributed by atoms with Gasteiger partial charge >= 0.3 is 12.4 Å². The van der Waals surface area contributed by atoms with E-state index >= 15 is 0 Å². The maximum absolute atomic E-state index is 13.6. The quantitative estimate of drug-likeness (QED) is 0.435. The first kappa shape index (κ1) is 27.6. The Morgan fingerprint density at radius 2 is 1.74 bits per heavy atom. The highest BCUT2D eigenvalue weighted by atomic mass is 19.4. The van der Waals surface area contributed by atoms with E-state index in [-0.39, 0.29) is 29.7 Å². The van der Waals surface area contributed by atoms with E-state index in [0.717, 1.165) is 5.56 Å². The first-order chi connectivity index (χ1) is 17.9. The van der Waals surface area contributed by atoms with Crippen LogP contribution >= 0.6 is 0 Å². The van der Waals surface area contributed by atoms with Crippen LogP contribution in [0.1, 0.15) is 33.3 Å². The molecule has 1 amide bonds. The molecular weight excluding hydrogens is 499 g/mol. The highest BCUT2D eigenvalue weighted by Gasteiger charge is 2.35. The molecule has 8 nitrogen and oxygen atoms in total. The fraction of sp³-hybridized carbons (Fsp3) is 0.444. The van der Waals surface area contributed by atoms with Crippen molar-refractivity contribution >= 4 is 6.03 Å². The summed E-state index contributed by atoms with van der Waals surface area (Å²) in [6.07, 6.45) is -2.74. The van der Waals surface area contributed by atoms with Gasteiger partial charge < -0.3 is 14.4 Å². The molecule has 1 aliphatic heterocycles. The summed E-state index contributed by atoms with van der Waals surface area (Å²) >= 11 is 0. The monoisotopic (exact) mass is 531 g/mol. The Balaban J connectivity index is 1.51. The molecule has 1 aromatic heterocycles. The topological polar surface area (TPSA) is 72.7 Å². The standard InChI is InChI=1S/C27H32F3N5O3/c1-19(37-26(2,3)4)33-14-15-34(22(17-33)16-20-8-6-5-7-9-20)25(36)35-18-24(31-32-35)21-10-12-23(13-11-21)38-27(28,29)30/h5-13,18-19,22H,14-17H2,1-4H3/t19-,22?/m1/s1. The number of amides is 1. The molecule has 2 aromatic carbocycles. The Bertz CT molecular complexity index is 1210. The van der Waals surface area contributed by atoms with Crippen LogP contribution in [0, 0.1) is 0 Å². The number of aromatic nitrogens is 3. The molecule has 11 heteroatoms. The number of benzene rings is 2. The Morgan fingerprint density at radius 1 is 1.05 bits per heavy atom. The van der Waals surface area contributed by atoms with Crippen LogP contribution in [0.5, 0.6) is 5.75 Å². The molecule has 2 atom stereocenters. The summed E-state index contributed by atoms with van der Waals surface area (Å²) in [5.41, 5.74) is 1.69. The number of carbonyl (C=O) groups excluding carboxylic acids is 1. The zero-order valence-corrected chi connectivity index (χ0v) is 21.9. The zero-order valence-electron chi connectivity index (χ0n) is 21.9. The van der Waals surface area contributed by atoms with Gasteiger partial charge in [0.1, 0.15) is 17.7 Å². The van der Waals surface area contributed by atoms with Crippen LogP contribution in [0.3, 0.4) is 0 Å². The third-order valence-electron chi connectivity index (χ3n) is 6.19. The van der Waals surface area contributed by atoms with Gasteiger partial charge in [-0.1, -0.05) is 35.5 Å². The summed E-state index contributed by atoms with van der Waals surface area (Å²) in [6, 6.07) is 14.8. The van der Waals surface area contributed by atoms with E-state index in [4.69, 9.17) is 4.74 Å². The minimum absolute atomic E-state index is 0.118. The van der Waals surface area contributed by atoms with E-state index in [0.29, 0.717) is 37.3 Å². The summed E-state index contributed by atoms with van der Waals surface area (Å²) in [7, 11) is 0. The van der Waals surface area contributed by atoms with E-state index in [9.17, 15) is 18.0 Å². The van der Waals surface area contributed by atoms with Gasteiger partial charge in [0.05, 0.1) is 17.8 Å². The molecule has 0 aliphatic carbocycles. The number of halogens is 3. The van der Waals surface area contributed by atoms with Crippen LogP contribution in [0.2, 0.25) is 0 Å². The number of piperazine rings is 1. The lowest BCUT2D eigenvalue weighted by atomic mass is 10.0. The van der Waals surface area contributed by atoms with Crippen molar-refractivity contribution in [2.24, 2.45) is 0 Å². The molecule has 0 bridgehead atoms. The average Bonchev–Trinajstić information content (AvgIpc) is 3.33. The van der Waals surface area contributed by atoms with Gasteiger partial charge in [0, 0.05) is 25.2 Å². The molecule has 1 aliphatic rings. The molecule has 3 aromatic rings. The molecule has 2 heterocycles. The summed E-state index contributed by atoms with van der Waals surface area (Å²) in [4.78, 5) is 17.6. The number of rotatable bonds is 6. The average molecular weight is 532 g/mol. The van der Waals surface area contributed by atoms with E-state index in [2.05, 4.69) is 19.9 Å². The number of alkyl halides is 3. The molecule has 204 valence electrons. The molecule has 4 rings (SSSR count). The van der Waals surface area contributed by atoms with Crippen LogP contribution in [0.4, 0.5) is 18.0 Å². The fourth-order valence-electron chi connectivity index (χ4n) is 4.56. The van der Waals surface area contributed by atoms with Gasteiger partial charge in [0.2, 0.25) is 0 Å². The van der Waals surface area contributed by atoms with Gasteiger partial charge in [0.25, 0.3) is 0 Å². The second-order valence-electron chi connectivity index (χ2n) is 10.3. The van der Waals surface area contributed by atoms with Crippen LogP contribution in [0.15, 0.2) is 60.8 Å². The predicted octanol–water partition coefficient (Wildman–Crippen LogP) is 5.20. The minimum atomic E-state index is -4.77. The fourth-order valence-corrected chi connectivity index (χ4v) is 4.56. The lowest BCUT2D eigenvalue weighted by Gasteiger charge is -2.44. The van der Waals surface area contributed by atoms with Crippen molar-refractivity contribution in [2.45, 2.75) is 58.3 Å². The third-order valence-corrected chi connectivity index (χ3v) is 6.19. The number of hydrogen-bond donors (Lipinski definition) is 0. The number of hydrogen-bond acceptors (Lipinski definition) is 6. The highest BCUT2D eigenvalue weighted by Crippen LogP contribution is 2.26. The van der Waals surface area contributed by atoms with Gasteiger partial charge in [-0.15, -0.1) is 18.3 Å². The number of ether oxygens (including phenoxy) is 2. The Morgan fingerprint density at radius 3 is 2.37 bits per heavy atom. The summed E-state index contributed by atoms with van der Waals surface area (Å²) in [5, 5.41) is 8.09. The molecule has 0 N–H and O–H groups in total. The molecule has 0 radical (unpaired) electrons. The normalized spacial score (nSPS) is 17.9. The Kier molecular flexibility index (Phi) is 8.08. The van der Waals surface area contributed by atoms with Crippen molar-refractivity contribution in [3.8, 4) is 17.0 Å². The number of carbonyl (C=O) groups is 1. The largest absolute Gasteiger partial charge is 0.573 e. The van der Waals surface area contributed by atoms with Crippen molar-refractivity contribution in [3.05, 3.63) is 66.4 Å². The van der Waals surface area contributed by atoms with Crippen molar-refractivity contribution in [1.82, 2.24) is 24.8 Å². The van der Waals surface area contributed by atoms with E-state index in [1.165, 1.54) is 35.1 Å². The smallest absolute Gasteiger partial charge is 0.406 e. The molecule has 0 spiro atoms. The first-order valence-corrected chi connectivity index (χ1v) is 12.4. The van der Waals surface area contributed by atoms with Crippen LogP contribution < -0.4 is 4.74 Å². The van der Waals surface area contributed by atoms with Crippen molar-refractivity contribution in [1.29, 1.82) is 0 Å². The summed E-state index contributed by atoms with van der Waals surface area (Å²) in [6.45, 7) is 9.82. The van der Waals surface area contributed by atoms with E-state index < -0.39 is 6.36 Å². The molecule has 0 saturated carbocycles.